The fraction of sp³-hybridized carbons (Fsp3) is 0.273. The number of benzene rings is 1. The molecule has 0 radical (unpaired) electrons. The number of carbonyl (C=O) groups is 1. The highest BCUT2D eigenvalue weighted by Crippen LogP contribution is 2.25. The van der Waals surface area contributed by atoms with Gasteiger partial charge in [0.15, 0.2) is 5.17 Å². The molecule has 1 aromatic carbocycles. The number of rotatable bonds is 2. The number of halogens is 1. The molecule has 0 aromatic heterocycles. The van der Waals surface area contributed by atoms with Gasteiger partial charge in [-0.1, -0.05) is 30.8 Å². The van der Waals surface area contributed by atoms with Gasteiger partial charge in [-0.25, -0.2) is 9.38 Å². The maximum absolute atomic E-state index is 13.3. The summed E-state index contributed by atoms with van der Waals surface area (Å²) in [6.07, 6.45) is 0.743. The fourth-order valence-electron chi connectivity index (χ4n) is 1.38. The SMILES string of the molecule is CCC1SC(=Nc2ccccc2F)NC1=O. The van der Waals surface area contributed by atoms with E-state index >= 15 is 0 Å². The summed E-state index contributed by atoms with van der Waals surface area (Å²) < 4.78 is 13.3. The number of amidine groups is 1. The highest BCUT2D eigenvalue weighted by atomic mass is 32.2. The summed E-state index contributed by atoms with van der Waals surface area (Å²) in [5, 5.41) is 3.01. The van der Waals surface area contributed by atoms with Crippen molar-refractivity contribution in [2.24, 2.45) is 4.99 Å². The maximum Gasteiger partial charge on any atom is 0.239 e. The Balaban J connectivity index is 2.21. The molecule has 0 bridgehead atoms. The molecule has 1 amide bonds. The van der Waals surface area contributed by atoms with Crippen LogP contribution in [-0.4, -0.2) is 16.3 Å². The van der Waals surface area contributed by atoms with E-state index < -0.39 is 0 Å². The standard InChI is InChI=1S/C11H11FN2OS/c1-2-9-10(15)14-11(16-9)13-8-6-4-3-5-7(8)12/h3-6,9H,2H2,1H3,(H,13,14,15). The highest BCUT2D eigenvalue weighted by Gasteiger charge is 2.28. The van der Waals surface area contributed by atoms with Crippen molar-refractivity contribution in [1.82, 2.24) is 5.32 Å². The molecule has 1 N–H and O–H groups in total. The fourth-order valence-corrected chi connectivity index (χ4v) is 2.29. The lowest BCUT2D eigenvalue weighted by molar-refractivity contribution is -0.118. The molecule has 1 aliphatic rings. The van der Waals surface area contributed by atoms with Gasteiger partial charge in [0, 0.05) is 0 Å². The van der Waals surface area contributed by atoms with Crippen LogP contribution in [0.2, 0.25) is 0 Å². The van der Waals surface area contributed by atoms with E-state index in [9.17, 15) is 9.18 Å². The molecule has 84 valence electrons. The van der Waals surface area contributed by atoms with Crippen molar-refractivity contribution in [3.8, 4) is 0 Å². The third-order valence-electron chi connectivity index (χ3n) is 2.22. The molecule has 2 rings (SSSR count). The van der Waals surface area contributed by atoms with E-state index in [4.69, 9.17) is 0 Å². The number of carbonyl (C=O) groups excluding carboxylic acids is 1. The van der Waals surface area contributed by atoms with Crippen molar-refractivity contribution >= 4 is 28.5 Å². The molecule has 16 heavy (non-hydrogen) atoms. The average Bonchev–Trinajstić information content (AvgIpc) is 2.62. The van der Waals surface area contributed by atoms with Crippen molar-refractivity contribution in [1.29, 1.82) is 0 Å². The van der Waals surface area contributed by atoms with Gasteiger partial charge in [-0.05, 0) is 18.6 Å². The molecule has 5 heteroatoms. The van der Waals surface area contributed by atoms with Crippen LogP contribution in [0, 0.1) is 5.82 Å². The van der Waals surface area contributed by atoms with Crippen LogP contribution >= 0.6 is 11.8 Å². The minimum Gasteiger partial charge on any atom is -0.304 e. The van der Waals surface area contributed by atoms with Crippen LogP contribution < -0.4 is 5.32 Å². The van der Waals surface area contributed by atoms with Crippen molar-refractivity contribution in [2.75, 3.05) is 0 Å². The van der Waals surface area contributed by atoms with E-state index in [0.717, 1.165) is 6.42 Å². The average molecular weight is 238 g/mol. The van der Waals surface area contributed by atoms with Gasteiger partial charge in [0.1, 0.15) is 11.5 Å². The first-order chi connectivity index (χ1) is 7.70. The Labute approximate surface area is 97.1 Å². The topological polar surface area (TPSA) is 41.5 Å². The minimum absolute atomic E-state index is 0.0532. The van der Waals surface area contributed by atoms with Crippen molar-refractivity contribution in [2.45, 2.75) is 18.6 Å². The molecule has 1 fully saturated rings. The second-order valence-corrected chi connectivity index (χ2v) is 4.56. The zero-order chi connectivity index (χ0) is 11.5. The summed E-state index contributed by atoms with van der Waals surface area (Å²) in [6, 6.07) is 6.24. The predicted molar refractivity (Wildman–Crippen MR) is 63.3 cm³/mol. The van der Waals surface area contributed by atoms with E-state index in [1.54, 1.807) is 18.2 Å². The van der Waals surface area contributed by atoms with Gasteiger partial charge in [-0.2, -0.15) is 0 Å². The molecule has 0 spiro atoms. The largest absolute Gasteiger partial charge is 0.304 e. The number of hydrogen-bond acceptors (Lipinski definition) is 3. The van der Waals surface area contributed by atoms with Gasteiger partial charge < -0.3 is 5.32 Å². The number of amides is 1. The lowest BCUT2D eigenvalue weighted by atomic mass is 10.3. The number of hydrogen-bond donors (Lipinski definition) is 1. The smallest absolute Gasteiger partial charge is 0.239 e. The summed E-state index contributed by atoms with van der Waals surface area (Å²) >= 11 is 1.34. The predicted octanol–water partition coefficient (Wildman–Crippen LogP) is 2.45. The number of nitrogens with zero attached hydrogens (tertiary/aromatic N) is 1. The van der Waals surface area contributed by atoms with Gasteiger partial charge >= 0.3 is 0 Å². The monoisotopic (exact) mass is 238 g/mol. The molecule has 1 saturated heterocycles. The number of nitrogens with one attached hydrogen (secondary N) is 1. The van der Waals surface area contributed by atoms with E-state index in [2.05, 4.69) is 10.3 Å². The third-order valence-corrected chi connectivity index (χ3v) is 3.47. The first kappa shape index (κ1) is 11.1. The molecule has 3 nitrogen and oxygen atoms in total. The van der Waals surface area contributed by atoms with Crippen LogP contribution in [-0.2, 0) is 4.79 Å². The Hall–Kier alpha value is -1.36. The lowest BCUT2D eigenvalue weighted by Crippen LogP contribution is -2.24. The van der Waals surface area contributed by atoms with Crippen molar-refractivity contribution in [3.63, 3.8) is 0 Å². The highest BCUT2D eigenvalue weighted by molar-refractivity contribution is 8.15. The molecule has 0 saturated carbocycles. The molecular formula is C11H11FN2OS. The Morgan fingerprint density at radius 3 is 2.88 bits per heavy atom. The summed E-state index contributed by atoms with van der Waals surface area (Å²) in [6.45, 7) is 1.93. The van der Waals surface area contributed by atoms with E-state index in [0.29, 0.717) is 5.17 Å². The maximum atomic E-state index is 13.3. The summed E-state index contributed by atoms with van der Waals surface area (Å²) in [5.74, 6) is -0.438. The zero-order valence-corrected chi connectivity index (χ0v) is 9.55. The van der Waals surface area contributed by atoms with Gasteiger partial charge in [-0.3, -0.25) is 4.79 Å². The minimum atomic E-state index is -0.384. The Morgan fingerprint density at radius 1 is 1.50 bits per heavy atom. The van der Waals surface area contributed by atoms with Gasteiger partial charge in [0.2, 0.25) is 5.91 Å². The second kappa shape index (κ2) is 4.65. The molecule has 1 aliphatic heterocycles. The normalized spacial score (nSPS) is 22.5. The molecule has 0 aliphatic carbocycles. The van der Waals surface area contributed by atoms with Crippen molar-refractivity contribution < 1.29 is 9.18 Å². The molecule has 1 atom stereocenters. The van der Waals surface area contributed by atoms with Gasteiger partial charge in [0.25, 0.3) is 0 Å². The van der Waals surface area contributed by atoms with E-state index in [1.165, 1.54) is 17.8 Å². The van der Waals surface area contributed by atoms with Crippen molar-refractivity contribution in [3.05, 3.63) is 30.1 Å². The Bertz CT molecular complexity index is 447. The number of para-hydroxylation sites is 1. The Kier molecular flexibility index (Phi) is 3.24. The second-order valence-electron chi connectivity index (χ2n) is 3.37. The zero-order valence-electron chi connectivity index (χ0n) is 8.74. The van der Waals surface area contributed by atoms with Crippen LogP contribution in [0.15, 0.2) is 29.3 Å². The molecule has 1 unspecified atom stereocenters. The van der Waals surface area contributed by atoms with Crippen LogP contribution in [0.3, 0.4) is 0 Å². The number of thioether (sulfide) groups is 1. The van der Waals surface area contributed by atoms with E-state index in [1.807, 2.05) is 6.92 Å². The van der Waals surface area contributed by atoms with Crippen LogP contribution in [0.4, 0.5) is 10.1 Å². The molecular weight excluding hydrogens is 227 g/mol. The van der Waals surface area contributed by atoms with Crippen LogP contribution in [0.1, 0.15) is 13.3 Å². The number of aliphatic imine (C=N–C) groups is 1. The molecule has 1 heterocycles. The first-order valence-electron chi connectivity index (χ1n) is 5.01. The lowest BCUT2D eigenvalue weighted by Gasteiger charge is -1.98. The van der Waals surface area contributed by atoms with Crippen LogP contribution in [0.5, 0.6) is 0 Å². The van der Waals surface area contributed by atoms with Gasteiger partial charge in [0.05, 0.1) is 5.25 Å². The third kappa shape index (κ3) is 2.24. The van der Waals surface area contributed by atoms with E-state index in [-0.39, 0.29) is 22.7 Å². The summed E-state index contributed by atoms with van der Waals surface area (Å²) in [4.78, 5) is 15.5. The van der Waals surface area contributed by atoms with Gasteiger partial charge in [-0.15, -0.1) is 0 Å². The molecule has 1 aromatic rings. The Morgan fingerprint density at radius 2 is 2.25 bits per heavy atom. The first-order valence-corrected chi connectivity index (χ1v) is 5.89. The van der Waals surface area contributed by atoms with Crippen LogP contribution in [0.25, 0.3) is 0 Å². The summed E-state index contributed by atoms with van der Waals surface area (Å²) in [5.41, 5.74) is 0.252. The summed E-state index contributed by atoms with van der Waals surface area (Å²) in [7, 11) is 0. The quantitative estimate of drug-likeness (QED) is 0.859.